The number of ether oxygens (including phenoxy) is 2. The van der Waals surface area contributed by atoms with Gasteiger partial charge in [0, 0.05) is 17.1 Å². The Balaban J connectivity index is 1.89. The van der Waals surface area contributed by atoms with Gasteiger partial charge in [0.15, 0.2) is 11.5 Å². The van der Waals surface area contributed by atoms with Crippen molar-refractivity contribution in [3.8, 4) is 11.5 Å². The molecule has 132 valence electrons. The number of benzene rings is 2. The molecule has 0 fully saturated rings. The van der Waals surface area contributed by atoms with Crippen LogP contribution >= 0.6 is 15.9 Å². The van der Waals surface area contributed by atoms with Crippen molar-refractivity contribution in [1.29, 1.82) is 0 Å². The summed E-state index contributed by atoms with van der Waals surface area (Å²) in [6, 6.07) is 9.64. The Morgan fingerprint density at radius 3 is 2.44 bits per heavy atom. The Hall–Kier alpha value is -2.34. The Morgan fingerprint density at radius 2 is 1.80 bits per heavy atom. The van der Waals surface area contributed by atoms with E-state index in [9.17, 15) is 9.18 Å². The first-order valence-electron chi connectivity index (χ1n) is 7.65. The third-order valence-corrected chi connectivity index (χ3v) is 4.28. The summed E-state index contributed by atoms with van der Waals surface area (Å²) in [5.74, 6) is 0.774. The van der Waals surface area contributed by atoms with E-state index in [4.69, 9.17) is 9.47 Å². The van der Waals surface area contributed by atoms with Crippen LogP contribution in [0.3, 0.4) is 0 Å². The highest BCUT2D eigenvalue weighted by Gasteiger charge is 2.09. The molecule has 2 rings (SSSR count). The molecule has 0 atom stereocenters. The molecule has 0 aliphatic carbocycles. The van der Waals surface area contributed by atoms with Gasteiger partial charge in [-0.1, -0.05) is 28.1 Å². The number of carbonyl (C=O) groups excluding carboxylic acids is 1. The van der Waals surface area contributed by atoms with Crippen LogP contribution in [0, 0.1) is 5.82 Å². The first-order chi connectivity index (χ1) is 12.0. The highest BCUT2D eigenvalue weighted by Crippen LogP contribution is 2.33. The molecule has 0 spiro atoms. The number of hydrogen-bond acceptors (Lipinski definition) is 3. The summed E-state index contributed by atoms with van der Waals surface area (Å²) in [7, 11) is 3.16. The van der Waals surface area contributed by atoms with Crippen LogP contribution in [0.4, 0.5) is 4.39 Å². The fourth-order valence-corrected chi connectivity index (χ4v) is 2.73. The lowest BCUT2D eigenvalue weighted by atomic mass is 10.1. The van der Waals surface area contributed by atoms with E-state index >= 15 is 0 Å². The minimum atomic E-state index is -0.304. The average molecular weight is 408 g/mol. The molecule has 0 radical (unpaired) electrons. The van der Waals surface area contributed by atoms with E-state index in [2.05, 4.69) is 21.2 Å². The molecule has 0 aromatic heterocycles. The molecule has 2 aromatic carbocycles. The van der Waals surface area contributed by atoms with Crippen LogP contribution in [-0.4, -0.2) is 26.7 Å². The topological polar surface area (TPSA) is 47.6 Å². The lowest BCUT2D eigenvalue weighted by Crippen LogP contribution is -2.23. The van der Waals surface area contributed by atoms with Gasteiger partial charge in [0.25, 0.3) is 0 Å². The van der Waals surface area contributed by atoms with Crippen molar-refractivity contribution >= 4 is 27.9 Å². The highest BCUT2D eigenvalue weighted by molar-refractivity contribution is 9.10. The van der Waals surface area contributed by atoms with E-state index in [0.29, 0.717) is 24.5 Å². The molecule has 0 bridgehead atoms. The van der Waals surface area contributed by atoms with E-state index in [1.165, 1.54) is 18.2 Å². The second-order valence-electron chi connectivity index (χ2n) is 5.22. The van der Waals surface area contributed by atoms with Gasteiger partial charge in [0.05, 0.1) is 14.2 Å². The molecular formula is C19H19BrFNO3. The molecule has 0 aliphatic heterocycles. The molecule has 0 saturated heterocycles. The third-order valence-electron chi connectivity index (χ3n) is 3.54. The summed E-state index contributed by atoms with van der Waals surface area (Å²) in [4.78, 5) is 11.9. The predicted octanol–water partition coefficient (Wildman–Crippen LogP) is 3.98. The lowest BCUT2D eigenvalue weighted by molar-refractivity contribution is -0.116. The standard InChI is InChI=1S/C19H19BrFNO3/c1-24-17-11-14(16(20)12-18(17)25-2)9-10-22-19(23)8-5-13-3-6-15(21)7-4-13/h3-8,11-12H,9-10H2,1-2H3,(H,22,23)/b8-5+. The summed E-state index contributed by atoms with van der Waals surface area (Å²) in [5.41, 5.74) is 1.76. The molecule has 0 aliphatic rings. The minimum Gasteiger partial charge on any atom is -0.493 e. The van der Waals surface area contributed by atoms with Crippen molar-refractivity contribution in [3.63, 3.8) is 0 Å². The van der Waals surface area contributed by atoms with Gasteiger partial charge >= 0.3 is 0 Å². The molecule has 2 aromatic rings. The van der Waals surface area contributed by atoms with Gasteiger partial charge in [-0.2, -0.15) is 0 Å². The fourth-order valence-electron chi connectivity index (χ4n) is 2.21. The molecule has 0 saturated carbocycles. The van der Waals surface area contributed by atoms with Crippen LogP contribution in [0.5, 0.6) is 11.5 Å². The van der Waals surface area contributed by atoms with Crippen molar-refractivity contribution in [2.75, 3.05) is 20.8 Å². The first-order valence-corrected chi connectivity index (χ1v) is 8.44. The number of methoxy groups -OCH3 is 2. The summed E-state index contributed by atoms with van der Waals surface area (Å²) >= 11 is 3.49. The molecular weight excluding hydrogens is 389 g/mol. The minimum absolute atomic E-state index is 0.207. The number of hydrogen-bond donors (Lipinski definition) is 1. The van der Waals surface area contributed by atoms with Gasteiger partial charge in [0.2, 0.25) is 5.91 Å². The summed E-state index contributed by atoms with van der Waals surface area (Å²) in [5, 5.41) is 2.81. The maximum atomic E-state index is 12.8. The van der Waals surface area contributed by atoms with Crippen LogP contribution < -0.4 is 14.8 Å². The quantitative estimate of drug-likeness (QED) is 0.706. The fraction of sp³-hybridized carbons (Fsp3) is 0.211. The Morgan fingerprint density at radius 1 is 1.16 bits per heavy atom. The maximum Gasteiger partial charge on any atom is 0.244 e. The van der Waals surface area contributed by atoms with Crippen molar-refractivity contribution < 1.29 is 18.7 Å². The number of amides is 1. The Labute approximate surface area is 154 Å². The molecule has 1 N–H and O–H groups in total. The second-order valence-corrected chi connectivity index (χ2v) is 6.08. The van der Waals surface area contributed by atoms with Crippen LogP contribution in [0.15, 0.2) is 46.9 Å². The van der Waals surface area contributed by atoms with E-state index in [-0.39, 0.29) is 11.7 Å². The average Bonchev–Trinajstić information content (AvgIpc) is 2.62. The largest absolute Gasteiger partial charge is 0.493 e. The molecule has 4 nitrogen and oxygen atoms in total. The van der Waals surface area contributed by atoms with Gasteiger partial charge in [-0.15, -0.1) is 0 Å². The Bertz CT molecular complexity index is 760. The summed E-state index contributed by atoms with van der Waals surface area (Å²) < 4.78 is 24.2. The van der Waals surface area contributed by atoms with E-state index in [1.807, 2.05) is 12.1 Å². The second kappa shape index (κ2) is 9.22. The molecule has 1 amide bonds. The monoisotopic (exact) mass is 407 g/mol. The van der Waals surface area contributed by atoms with Crippen LogP contribution in [0.2, 0.25) is 0 Å². The number of nitrogens with one attached hydrogen (secondary N) is 1. The first kappa shape index (κ1) is 19.0. The van der Waals surface area contributed by atoms with Gasteiger partial charge in [0.1, 0.15) is 5.82 Å². The van der Waals surface area contributed by atoms with Crippen molar-refractivity contribution in [1.82, 2.24) is 5.32 Å². The van der Waals surface area contributed by atoms with E-state index < -0.39 is 0 Å². The van der Waals surface area contributed by atoms with E-state index in [0.717, 1.165) is 15.6 Å². The zero-order valence-corrected chi connectivity index (χ0v) is 15.6. The zero-order chi connectivity index (χ0) is 18.2. The van der Waals surface area contributed by atoms with Crippen molar-refractivity contribution in [3.05, 3.63) is 63.9 Å². The third kappa shape index (κ3) is 5.60. The number of carbonyl (C=O) groups is 1. The Kier molecular flexibility index (Phi) is 7.01. The summed E-state index contributed by atoms with van der Waals surface area (Å²) in [6.07, 6.45) is 3.70. The molecule has 6 heteroatoms. The molecule has 0 unspecified atom stereocenters. The van der Waals surface area contributed by atoms with Crippen molar-refractivity contribution in [2.24, 2.45) is 0 Å². The van der Waals surface area contributed by atoms with Crippen molar-refractivity contribution in [2.45, 2.75) is 6.42 Å². The van der Waals surface area contributed by atoms with Gasteiger partial charge in [-0.25, -0.2) is 4.39 Å². The number of halogens is 2. The van der Waals surface area contributed by atoms with Crippen LogP contribution in [0.25, 0.3) is 6.08 Å². The molecule has 0 heterocycles. The van der Waals surface area contributed by atoms with Crippen LogP contribution in [0.1, 0.15) is 11.1 Å². The van der Waals surface area contributed by atoms with Gasteiger partial charge in [-0.3, -0.25) is 4.79 Å². The van der Waals surface area contributed by atoms with E-state index in [1.54, 1.807) is 32.4 Å². The SMILES string of the molecule is COc1cc(Br)c(CCNC(=O)/C=C/c2ccc(F)cc2)cc1OC. The highest BCUT2D eigenvalue weighted by atomic mass is 79.9. The van der Waals surface area contributed by atoms with Gasteiger partial charge < -0.3 is 14.8 Å². The maximum absolute atomic E-state index is 12.8. The molecule has 25 heavy (non-hydrogen) atoms. The summed E-state index contributed by atoms with van der Waals surface area (Å²) in [6.45, 7) is 0.473. The normalized spacial score (nSPS) is 10.7. The smallest absolute Gasteiger partial charge is 0.244 e. The number of rotatable bonds is 7. The van der Waals surface area contributed by atoms with Gasteiger partial charge in [-0.05, 0) is 47.9 Å². The van der Waals surface area contributed by atoms with Crippen LogP contribution in [-0.2, 0) is 11.2 Å². The zero-order valence-electron chi connectivity index (χ0n) is 14.0. The predicted molar refractivity (Wildman–Crippen MR) is 99.4 cm³/mol. The lowest BCUT2D eigenvalue weighted by Gasteiger charge is -2.12.